The molecule has 0 bridgehead atoms. The van der Waals surface area contributed by atoms with Gasteiger partial charge in [-0.25, -0.2) is 0 Å². The molecule has 1 aromatic carbocycles. The molecule has 0 atom stereocenters. The molecule has 0 aliphatic heterocycles. The van der Waals surface area contributed by atoms with E-state index >= 15 is 0 Å². The van der Waals surface area contributed by atoms with Crippen molar-refractivity contribution in [1.29, 1.82) is 0 Å². The molecule has 0 fully saturated rings. The van der Waals surface area contributed by atoms with E-state index in [9.17, 15) is 4.79 Å². The Morgan fingerprint density at radius 2 is 2.00 bits per heavy atom. The van der Waals surface area contributed by atoms with E-state index in [0.717, 1.165) is 17.3 Å². The summed E-state index contributed by atoms with van der Waals surface area (Å²) in [6.45, 7) is 4.46. The van der Waals surface area contributed by atoms with E-state index in [1.807, 2.05) is 13.8 Å². The average molecular weight is 334 g/mol. The predicted molar refractivity (Wildman–Crippen MR) is 79.0 cm³/mol. The SMILES string of the molecule is CCC(CC)(CN)NC(=O)c1cc(Cl)cc(Br)c1. The number of carbonyl (C=O) groups is 1. The van der Waals surface area contributed by atoms with Crippen molar-refractivity contribution in [3.05, 3.63) is 33.3 Å². The highest BCUT2D eigenvalue weighted by molar-refractivity contribution is 9.10. The maximum Gasteiger partial charge on any atom is 0.251 e. The van der Waals surface area contributed by atoms with Crippen LogP contribution in [0.25, 0.3) is 0 Å². The summed E-state index contributed by atoms with van der Waals surface area (Å²) in [5, 5.41) is 3.54. The summed E-state index contributed by atoms with van der Waals surface area (Å²) in [5.41, 5.74) is 5.96. The zero-order valence-corrected chi connectivity index (χ0v) is 12.9. The van der Waals surface area contributed by atoms with Crippen LogP contribution < -0.4 is 11.1 Å². The van der Waals surface area contributed by atoms with Crippen molar-refractivity contribution in [2.45, 2.75) is 32.2 Å². The van der Waals surface area contributed by atoms with Crippen LogP contribution in [0.15, 0.2) is 22.7 Å². The molecule has 3 nitrogen and oxygen atoms in total. The Kier molecular flexibility index (Phi) is 5.63. The minimum atomic E-state index is -0.341. The van der Waals surface area contributed by atoms with E-state index in [1.165, 1.54) is 0 Å². The summed E-state index contributed by atoms with van der Waals surface area (Å²) in [7, 11) is 0. The van der Waals surface area contributed by atoms with Gasteiger partial charge in [-0.05, 0) is 31.0 Å². The van der Waals surface area contributed by atoms with Gasteiger partial charge in [0.1, 0.15) is 0 Å². The molecule has 3 N–H and O–H groups in total. The van der Waals surface area contributed by atoms with Crippen molar-refractivity contribution in [2.75, 3.05) is 6.54 Å². The summed E-state index contributed by atoms with van der Waals surface area (Å²) in [6, 6.07) is 5.14. The number of benzene rings is 1. The number of carbonyl (C=O) groups excluding carboxylic acids is 1. The fourth-order valence-corrected chi connectivity index (χ4v) is 2.62. The number of amides is 1. The molecular formula is C13H18BrClN2O. The Labute approximate surface area is 121 Å². The van der Waals surface area contributed by atoms with Crippen molar-refractivity contribution in [2.24, 2.45) is 5.73 Å². The lowest BCUT2D eigenvalue weighted by Gasteiger charge is -2.31. The zero-order chi connectivity index (χ0) is 13.8. The lowest BCUT2D eigenvalue weighted by Crippen LogP contribution is -2.52. The molecule has 1 aromatic rings. The predicted octanol–water partition coefficient (Wildman–Crippen LogP) is 3.35. The highest BCUT2D eigenvalue weighted by Crippen LogP contribution is 2.21. The van der Waals surface area contributed by atoms with Crippen LogP contribution in [0.4, 0.5) is 0 Å². The van der Waals surface area contributed by atoms with Crippen LogP contribution >= 0.6 is 27.5 Å². The number of rotatable bonds is 5. The van der Waals surface area contributed by atoms with Crippen molar-refractivity contribution < 1.29 is 4.79 Å². The van der Waals surface area contributed by atoms with E-state index in [1.54, 1.807) is 18.2 Å². The summed E-state index contributed by atoms with van der Waals surface area (Å²) in [5.74, 6) is -0.146. The largest absolute Gasteiger partial charge is 0.345 e. The molecule has 1 amide bonds. The average Bonchev–Trinajstić information content (AvgIpc) is 2.35. The third-order valence-corrected chi connectivity index (χ3v) is 3.92. The summed E-state index contributed by atoms with van der Waals surface area (Å²) < 4.78 is 0.784. The van der Waals surface area contributed by atoms with E-state index in [2.05, 4.69) is 21.2 Å². The van der Waals surface area contributed by atoms with Gasteiger partial charge in [-0.15, -0.1) is 0 Å². The lowest BCUT2D eigenvalue weighted by molar-refractivity contribution is 0.0895. The van der Waals surface area contributed by atoms with Gasteiger partial charge in [-0.3, -0.25) is 4.79 Å². The lowest BCUT2D eigenvalue weighted by atomic mass is 9.92. The first kappa shape index (κ1) is 15.5. The third kappa shape index (κ3) is 3.70. The van der Waals surface area contributed by atoms with Crippen LogP contribution in [-0.2, 0) is 0 Å². The van der Waals surface area contributed by atoms with Gasteiger partial charge in [-0.2, -0.15) is 0 Å². The van der Waals surface area contributed by atoms with Crippen molar-refractivity contribution in [3.63, 3.8) is 0 Å². The molecule has 0 unspecified atom stereocenters. The highest BCUT2D eigenvalue weighted by Gasteiger charge is 2.26. The third-order valence-electron chi connectivity index (χ3n) is 3.25. The van der Waals surface area contributed by atoms with Crippen LogP contribution in [0.3, 0.4) is 0 Å². The first-order chi connectivity index (χ1) is 8.46. The quantitative estimate of drug-likeness (QED) is 0.868. The maximum absolute atomic E-state index is 12.2. The van der Waals surface area contributed by atoms with Gasteiger partial charge in [0, 0.05) is 21.6 Å². The Bertz CT molecular complexity index is 404. The monoisotopic (exact) mass is 332 g/mol. The van der Waals surface area contributed by atoms with Gasteiger partial charge in [-0.1, -0.05) is 41.4 Å². The Morgan fingerprint density at radius 1 is 1.39 bits per heavy atom. The molecule has 0 saturated carbocycles. The molecule has 0 radical (unpaired) electrons. The van der Waals surface area contributed by atoms with E-state index in [0.29, 0.717) is 17.1 Å². The number of hydrogen-bond donors (Lipinski definition) is 2. The summed E-state index contributed by atoms with van der Waals surface area (Å²) in [6.07, 6.45) is 1.60. The Morgan fingerprint density at radius 3 is 2.44 bits per heavy atom. The van der Waals surface area contributed by atoms with Gasteiger partial charge in [0.15, 0.2) is 0 Å². The van der Waals surface area contributed by atoms with E-state index in [-0.39, 0.29) is 11.4 Å². The summed E-state index contributed by atoms with van der Waals surface area (Å²) in [4.78, 5) is 12.2. The second-order valence-electron chi connectivity index (χ2n) is 4.30. The normalized spacial score (nSPS) is 11.4. The second kappa shape index (κ2) is 6.55. The molecule has 0 saturated heterocycles. The highest BCUT2D eigenvalue weighted by atomic mass is 79.9. The van der Waals surface area contributed by atoms with Gasteiger partial charge in [0.2, 0.25) is 0 Å². The molecule has 5 heteroatoms. The van der Waals surface area contributed by atoms with Gasteiger partial charge < -0.3 is 11.1 Å². The van der Waals surface area contributed by atoms with Crippen molar-refractivity contribution >= 4 is 33.4 Å². The minimum absolute atomic E-state index is 0.146. The smallest absolute Gasteiger partial charge is 0.251 e. The molecule has 1 rings (SSSR count). The van der Waals surface area contributed by atoms with E-state index in [4.69, 9.17) is 17.3 Å². The molecule has 0 spiro atoms. The van der Waals surface area contributed by atoms with Crippen LogP contribution in [-0.4, -0.2) is 18.0 Å². The molecule has 100 valence electrons. The zero-order valence-electron chi connectivity index (χ0n) is 10.6. The fraction of sp³-hybridized carbons (Fsp3) is 0.462. The van der Waals surface area contributed by atoms with Crippen LogP contribution in [0.2, 0.25) is 5.02 Å². The molecule has 0 aromatic heterocycles. The molecule has 0 aliphatic rings. The molecule has 0 aliphatic carbocycles. The Hall–Kier alpha value is -0.580. The molecule has 18 heavy (non-hydrogen) atoms. The second-order valence-corrected chi connectivity index (χ2v) is 5.66. The number of halogens is 2. The molecular weight excluding hydrogens is 316 g/mol. The maximum atomic E-state index is 12.2. The van der Waals surface area contributed by atoms with Crippen LogP contribution in [0.5, 0.6) is 0 Å². The van der Waals surface area contributed by atoms with Gasteiger partial charge in [0.25, 0.3) is 5.91 Å². The van der Waals surface area contributed by atoms with Crippen LogP contribution in [0, 0.1) is 0 Å². The van der Waals surface area contributed by atoms with Crippen molar-refractivity contribution in [3.8, 4) is 0 Å². The van der Waals surface area contributed by atoms with E-state index < -0.39 is 0 Å². The number of nitrogens with two attached hydrogens (primary N) is 1. The molecule has 0 heterocycles. The topological polar surface area (TPSA) is 55.1 Å². The first-order valence-electron chi connectivity index (χ1n) is 5.95. The van der Waals surface area contributed by atoms with Gasteiger partial charge in [0.05, 0.1) is 5.54 Å². The summed E-state index contributed by atoms with van der Waals surface area (Å²) >= 11 is 9.26. The minimum Gasteiger partial charge on any atom is -0.345 e. The van der Waals surface area contributed by atoms with Crippen molar-refractivity contribution in [1.82, 2.24) is 5.32 Å². The fourth-order valence-electron chi connectivity index (χ4n) is 1.76. The Balaban J connectivity index is 2.94. The van der Waals surface area contributed by atoms with Gasteiger partial charge >= 0.3 is 0 Å². The van der Waals surface area contributed by atoms with Crippen LogP contribution in [0.1, 0.15) is 37.0 Å². The first-order valence-corrected chi connectivity index (χ1v) is 7.12. The number of nitrogens with one attached hydrogen (secondary N) is 1. The standard InChI is InChI=1S/C13H18BrClN2O/c1-3-13(4-2,8-16)17-12(18)9-5-10(14)7-11(15)6-9/h5-7H,3-4,8,16H2,1-2H3,(H,17,18). The number of hydrogen-bond acceptors (Lipinski definition) is 2.